The lowest BCUT2D eigenvalue weighted by molar-refractivity contribution is 0.590. The minimum absolute atomic E-state index is 0.0887. The van der Waals surface area contributed by atoms with E-state index in [9.17, 15) is 0 Å². The van der Waals surface area contributed by atoms with Gasteiger partial charge < -0.3 is 23.5 Å². The monoisotopic (exact) mass is 1390 g/mol. The second kappa shape index (κ2) is 22.7. The van der Waals surface area contributed by atoms with Crippen LogP contribution in [0.25, 0.3) is 145 Å². The van der Waals surface area contributed by atoms with Crippen molar-refractivity contribution < 1.29 is 0 Å². The molecule has 5 aromatic heterocycles. The van der Waals surface area contributed by atoms with Crippen molar-refractivity contribution in [3.8, 4) is 39.3 Å². The number of para-hydroxylation sites is 4. The Hall–Kier alpha value is -12.2. The number of fused-ring (bicyclic) bond motifs is 21. The van der Waals surface area contributed by atoms with E-state index in [0.29, 0.717) is 0 Å². The molecule has 5 nitrogen and oxygen atoms in total. The highest BCUT2D eigenvalue weighted by Gasteiger charge is 2.48. The molecule has 8 heteroatoms. The van der Waals surface area contributed by atoms with Crippen LogP contribution >= 0.6 is 22.7 Å². The number of nitrogens with zero attached hydrogens (tertiary/aromatic N) is 5. The Kier molecular flexibility index (Phi) is 13.1. The topological polar surface area (TPSA) is 21.3 Å². The Morgan fingerprint density at radius 3 is 1.03 bits per heavy atom. The number of hydrogen-bond acceptors (Lipinski definition) is 4. The molecule has 0 fully saturated rings. The summed E-state index contributed by atoms with van der Waals surface area (Å²) in [6.07, 6.45) is 0. The van der Waals surface area contributed by atoms with Gasteiger partial charge in [0.2, 0.25) is 0 Å². The molecule has 106 heavy (non-hydrogen) atoms. The van der Waals surface area contributed by atoms with Gasteiger partial charge in [-0.1, -0.05) is 236 Å². The molecule has 502 valence electrons. The molecule has 15 aromatic carbocycles. The molecule has 2 aliphatic rings. The lowest BCUT2D eigenvalue weighted by Gasteiger charge is -2.45. The quantitative estimate of drug-likeness (QED) is 0.148. The van der Waals surface area contributed by atoms with E-state index in [1.165, 1.54) is 156 Å². The van der Waals surface area contributed by atoms with Gasteiger partial charge in [0.05, 0.1) is 38.8 Å². The average Bonchev–Trinajstić information content (AvgIpc) is 1.12. The van der Waals surface area contributed by atoms with E-state index < -0.39 is 0 Å². The highest BCUT2D eigenvalue weighted by molar-refractivity contribution is 7.30. The SMILES string of the molecule is CC(C)(C)c1ccc2c(c1)c1cc(C(C)(C)C)ccc1n2-c1cc2c3c(c1)N(c1ccc4c5ccccc5n(-c5ccccc5)c4c1)c1cc(-c4ccccc4)c4c(sc5ccccc54)c1B3c1c(cc(-c3ccccc3)c3c1sc1ccccc13)N2c1ccc2c3ccccc3n(-c3ccccc3)c2c1. The van der Waals surface area contributed by atoms with Crippen molar-refractivity contribution >= 4 is 186 Å². The van der Waals surface area contributed by atoms with Gasteiger partial charge in [0.25, 0.3) is 6.71 Å². The van der Waals surface area contributed by atoms with Crippen molar-refractivity contribution in [2.75, 3.05) is 9.80 Å². The van der Waals surface area contributed by atoms with Crippen LogP contribution in [0.5, 0.6) is 0 Å². The highest BCUT2D eigenvalue weighted by Crippen LogP contribution is 2.55. The van der Waals surface area contributed by atoms with E-state index in [1.807, 2.05) is 22.7 Å². The Labute approximate surface area is 623 Å². The van der Waals surface area contributed by atoms with Crippen LogP contribution in [0.15, 0.2) is 315 Å². The summed E-state index contributed by atoms with van der Waals surface area (Å²) >= 11 is 3.92. The summed E-state index contributed by atoms with van der Waals surface area (Å²) in [4.78, 5) is 5.42. The maximum absolute atomic E-state index is 2.71. The molecule has 0 saturated heterocycles. The van der Waals surface area contributed by atoms with Crippen molar-refractivity contribution in [1.29, 1.82) is 0 Å². The maximum Gasteiger partial charge on any atom is 0.255 e. The van der Waals surface area contributed by atoms with E-state index in [4.69, 9.17) is 0 Å². The molecule has 20 aromatic rings. The fourth-order valence-electron chi connectivity index (χ4n) is 18.2. The molecule has 0 radical (unpaired) electrons. The van der Waals surface area contributed by atoms with Gasteiger partial charge in [-0.25, -0.2) is 0 Å². The fraction of sp³-hybridized carbons (Fsp3) is 0.0816. The van der Waals surface area contributed by atoms with Gasteiger partial charge in [0.1, 0.15) is 0 Å². The molecule has 0 spiro atoms. The molecule has 2 aliphatic heterocycles. The Bertz CT molecular complexity index is 6680. The molecule has 0 saturated carbocycles. The number of thiophene rings is 2. The molecule has 22 rings (SSSR count). The van der Waals surface area contributed by atoms with Crippen molar-refractivity contribution in [2.24, 2.45) is 0 Å². The molecule has 0 atom stereocenters. The second-order valence-electron chi connectivity index (χ2n) is 31.1. The number of anilines is 6. The fourth-order valence-corrected chi connectivity index (χ4v) is 20.8. The van der Waals surface area contributed by atoms with Crippen molar-refractivity contribution in [1.82, 2.24) is 13.7 Å². The molecular weight excluding hydrogens is 1320 g/mol. The first-order valence-corrected chi connectivity index (χ1v) is 38.6. The third kappa shape index (κ3) is 8.89. The molecule has 0 N–H and O–H groups in total. The Morgan fingerprint density at radius 2 is 0.604 bits per heavy atom. The van der Waals surface area contributed by atoms with Crippen LogP contribution < -0.4 is 26.2 Å². The standard InChI is InChI=1S/C98H70BN5S2/c1-97(2,3)61-43-49-80-76(51-61)77-52-62(98(4,5)6)44-50-81(77)104(80)67-55-84-92-85(56-67)103(66-46-48-71-69-36-20-24-40-79(69)101(83(71)54-66)64-33-17-10-18-34-64)87-58-75(60-29-13-8-14-30-60)91-73-38-22-26-42-89(73)106-96(91)94(87)99(92)93-86(57-74(59-27-11-7-12-28-59)90-72-37-21-25-41-88(72)105-95(90)93)102(84)65-45-47-70-68-35-19-23-39-78(68)100(82(70)53-65)63-31-15-9-16-32-63/h7-58H,1-6H3. The van der Waals surface area contributed by atoms with Crippen molar-refractivity contribution in [2.45, 2.75) is 52.4 Å². The lowest BCUT2D eigenvalue weighted by atomic mass is 9.33. The number of rotatable bonds is 7. The number of hydrogen-bond donors (Lipinski definition) is 0. The largest absolute Gasteiger partial charge is 0.311 e. The average molecular weight is 1390 g/mol. The second-order valence-corrected chi connectivity index (χ2v) is 33.2. The van der Waals surface area contributed by atoms with Gasteiger partial charge in [-0.3, -0.25) is 0 Å². The first-order valence-electron chi connectivity index (χ1n) is 37.0. The van der Waals surface area contributed by atoms with Crippen molar-refractivity contribution in [3.05, 3.63) is 327 Å². The first kappa shape index (κ1) is 61.3. The van der Waals surface area contributed by atoms with E-state index in [0.717, 1.165) is 50.8 Å². The summed E-state index contributed by atoms with van der Waals surface area (Å²) < 4.78 is 12.7. The van der Waals surface area contributed by atoms with Crippen LogP contribution in [-0.2, 0) is 10.8 Å². The zero-order valence-electron chi connectivity index (χ0n) is 59.7. The lowest BCUT2D eigenvalue weighted by Crippen LogP contribution is -2.61. The molecular formula is C98H70BN5S2. The minimum Gasteiger partial charge on any atom is -0.311 e. The van der Waals surface area contributed by atoms with Gasteiger partial charge in [0, 0.05) is 118 Å². The van der Waals surface area contributed by atoms with Crippen LogP contribution in [0.1, 0.15) is 52.7 Å². The molecule has 0 aliphatic carbocycles. The van der Waals surface area contributed by atoms with E-state index in [-0.39, 0.29) is 17.5 Å². The summed E-state index contributed by atoms with van der Waals surface area (Å²) in [6, 6.07) is 120. The van der Waals surface area contributed by atoms with Crippen LogP contribution in [-0.4, -0.2) is 20.4 Å². The summed E-state index contributed by atoms with van der Waals surface area (Å²) in [5, 5.41) is 12.5. The summed E-state index contributed by atoms with van der Waals surface area (Å²) in [6.45, 7) is 13.8. The van der Waals surface area contributed by atoms with Gasteiger partial charge in [-0.2, -0.15) is 0 Å². The third-order valence-electron chi connectivity index (χ3n) is 23.1. The third-order valence-corrected chi connectivity index (χ3v) is 25.5. The van der Waals surface area contributed by atoms with Crippen LogP contribution in [0.4, 0.5) is 34.1 Å². The van der Waals surface area contributed by atoms with Crippen LogP contribution in [0, 0.1) is 0 Å². The van der Waals surface area contributed by atoms with Gasteiger partial charge >= 0.3 is 0 Å². The number of benzene rings is 15. The predicted octanol–water partition coefficient (Wildman–Crippen LogP) is 25.7. The van der Waals surface area contributed by atoms with E-state index in [2.05, 4.69) is 380 Å². The predicted molar refractivity (Wildman–Crippen MR) is 458 cm³/mol. The molecule has 7 heterocycles. The maximum atomic E-state index is 2.71. The summed E-state index contributed by atoms with van der Waals surface area (Å²) in [5.41, 5.74) is 28.2. The normalized spacial score (nSPS) is 13.1. The van der Waals surface area contributed by atoms with Crippen molar-refractivity contribution in [3.63, 3.8) is 0 Å². The van der Waals surface area contributed by atoms with Gasteiger partial charge in [-0.15, -0.1) is 22.7 Å². The minimum atomic E-state index is -0.279. The van der Waals surface area contributed by atoms with E-state index in [1.54, 1.807) is 0 Å². The van der Waals surface area contributed by atoms with E-state index >= 15 is 0 Å². The highest BCUT2D eigenvalue weighted by atomic mass is 32.1. The zero-order chi connectivity index (χ0) is 70.6. The molecule has 0 bridgehead atoms. The zero-order valence-corrected chi connectivity index (χ0v) is 61.3. The summed E-state index contributed by atoms with van der Waals surface area (Å²) in [5.74, 6) is 0. The summed E-state index contributed by atoms with van der Waals surface area (Å²) in [7, 11) is 0. The Morgan fingerprint density at radius 1 is 0.255 bits per heavy atom. The van der Waals surface area contributed by atoms with Gasteiger partial charge in [0.15, 0.2) is 0 Å². The Balaban J connectivity index is 0.961. The molecule has 0 amide bonds. The number of aromatic nitrogens is 3. The molecule has 0 unspecified atom stereocenters. The smallest absolute Gasteiger partial charge is 0.255 e. The van der Waals surface area contributed by atoms with Crippen LogP contribution in [0.3, 0.4) is 0 Å². The first-order chi connectivity index (χ1) is 51.9. The van der Waals surface area contributed by atoms with Gasteiger partial charge in [-0.05, 0) is 182 Å². The van der Waals surface area contributed by atoms with Crippen LogP contribution in [0.2, 0.25) is 0 Å².